The maximum Gasteiger partial charge on any atom is 0.220 e. The number of hydrogen-bond donors (Lipinski definition) is 2. The number of carbonyl (C=O) groups excluding carboxylic acids is 1. The van der Waals surface area contributed by atoms with Gasteiger partial charge in [-0.15, -0.1) is 0 Å². The van der Waals surface area contributed by atoms with Gasteiger partial charge in [-0.25, -0.2) is 0 Å². The summed E-state index contributed by atoms with van der Waals surface area (Å²) in [5.74, 6) is 0.437. The molecule has 0 bridgehead atoms. The van der Waals surface area contributed by atoms with Crippen LogP contribution in [0.4, 0.5) is 0 Å². The lowest BCUT2D eigenvalue weighted by Gasteiger charge is -2.35. The number of nitrogens with two attached hydrogens (primary N) is 1. The molecule has 25 heavy (non-hydrogen) atoms. The van der Waals surface area contributed by atoms with Gasteiger partial charge >= 0.3 is 0 Å². The van der Waals surface area contributed by atoms with Crippen molar-refractivity contribution in [1.29, 1.82) is 0 Å². The zero-order valence-corrected chi connectivity index (χ0v) is 15.4. The fraction of sp³-hybridized carbons (Fsp3) is 0.632. The third-order valence-corrected chi connectivity index (χ3v) is 5.65. The van der Waals surface area contributed by atoms with E-state index in [1.54, 1.807) is 0 Å². The molecule has 0 radical (unpaired) electrons. The SMILES string of the molecule is N[C@@H]1CCC[C@H]1CC(=O)NCC(c1ccc(Cl)cc1)N1CCOCC1. The van der Waals surface area contributed by atoms with Gasteiger partial charge in [0.25, 0.3) is 0 Å². The van der Waals surface area contributed by atoms with Gasteiger partial charge in [-0.3, -0.25) is 9.69 Å². The van der Waals surface area contributed by atoms with E-state index in [0.29, 0.717) is 18.9 Å². The molecule has 1 amide bonds. The molecule has 2 aliphatic rings. The van der Waals surface area contributed by atoms with E-state index in [1.807, 2.05) is 24.3 Å². The predicted molar refractivity (Wildman–Crippen MR) is 99.5 cm³/mol. The highest BCUT2D eigenvalue weighted by molar-refractivity contribution is 6.30. The first-order valence-corrected chi connectivity index (χ1v) is 9.61. The molecule has 2 fully saturated rings. The molecule has 1 aromatic carbocycles. The standard InChI is InChI=1S/C19H28ClN3O2/c20-16-6-4-14(5-7-16)18(23-8-10-25-11-9-23)13-22-19(24)12-15-2-1-3-17(15)21/h4-7,15,17-18H,1-3,8-13,21H2,(H,22,24)/t15-,17+,18?/m0/s1. The fourth-order valence-corrected chi connectivity index (χ4v) is 4.00. The number of amides is 1. The fourth-order valence-electron chi connectivity index (χ4n) is 3.87. The summed E-state index contributed by atoms with van der Waals surface area (Å²) >= 11 is 6.02. The van der Waals surface area contributed by atoms with Crippen LogP contribution in [-0.4, -0.2) is 49.7 Å². The molecule has 6 heteroatoms. The molecule has 3 atom stereocenters. The van der Waals surface area contributed by atoms with Gasteiger partial charge in [0.05, 0.1) is 19.3 Å². The summed E-state index contributed by atoms with van der Waals surface area (Å²) in [6, 6.07) is 8.22. The molecule has 1 saturated heterocycles. The zero-order chi connectivity index (χ0) is 17.6. The van der Waals surface area contributed by atoms with Crippen LogP contribution in [0.1, 0.15) is 37.3 Å². The Hall–Kier alpha value is -1.14. The van der Waals surface area contributed by atoms with Crippen molar-refractivity contribution >= 4 is 17.5 Å². The average Bonchev–Trinajstić information content (AvgIpc) is 3.02. The largest absolute Gasteiger partial charge is 0.379 e. The summed E-state index contributed by atoms with van der Waals surface area (Å²) in [4.78, 5) is 14.8. The quantitative estimate of drug-likeness (QED) is 0.812. The smallest absolute Gasteiger partial charge is 0.220 e. The molecule has 3 rings (SSSR count). The molecule has 3 N–H and O–H groups in total. The summed E-state index contributed by atoms with van der Waals surface area (Å²) in [7, 11) is 0. The normalized spacial score (nSPS) is 25.7. The number of nitrogens with one attached hydrogen (secondary N) is 1. The molecule has 1 aromatic rings. The Balaban J connectivity index is 1.60. The Morgan fingerprint density at radius 3 is 2.64 bits per heavy atom. The van der Waals surface area contributed by atoms with Crippen molar-refractivity contribution in [2.75, 3.05) is 32.8 Å². The molecule has 0 aromatic heterocycles. The van der Waals surface area contributed by atoms with E-state index in [0.717, 1.165) is 50.6 Å². The Bertz CT molecular complexity index is 560. The number of hydrogen-bond acceptors (Lipinski definition) is 4. The first-order valence-electron chi connectivity index (χ1n) is 9.23. The van der Waals surface area contributed by atoms with Crippen LogP contribution >= 0.6 is 11.6 Å². The van der Waals surface area contributed by atoms with Crippen LogP contribution in [0.2, 0.25) is 5.02 Å². The van der Waals surface area contributed by atoms with Gasteiger partial charge in [0.1, 0.15) is 0 Å². The van der Waals surface area contributed by atoms with Crippen molar-refractivity contribution in [1.82, 2.24) is 10.2 Å². The molecule has 1 saturated carbocycles. The summed E-state index contributed by atoms with van der Waals surface area (Å²) in [6.45, 7) is 3.81. The first-order chi connectivity index (χ1) is 12.1. The monoisotopic (exact) mass is 365 g/mol. The van der Waals surface area contributed by atoms with E-state index in [-0.39, 0.29) is 18.0 Å². The average molecular weight is 366 g/mol. The predicted octanol–water partition coefficient (Wildman–Crippen LogP) is 2.35. The number of nitrogens with zero attached hydrogens (tertiary/aromatic N) is 1. The minimum absolute atomic E-state index is 0.106. The molecular weight excluding hydrogens is 338 g/mol. The van der Waals surface area contributed by atoms with Crippen LogP contribution in [0.25, 0.3) is 0 Å². The van der Waals surface area contributed by atoms with Crippen molar-refractivity contribution < 1.29 is 9.53 Å². The topological polar surface area (TPSA) is 67.6 Å². The summed E-state index contributed by atoms with van der Waals surface area (Å²) < 4.78 is 5.47. The highest BCUT2D eigenvalue weighted by Gasteiger charge is 2.27. The van der Waals surface area contributed by atoms with Gasteiger partial charge in [-0.05, 0) is 36.5 Å². The second kappa shape index (κ2) is 8.99. The van der Waals surface area contributed by atoms with Crippen molar-refractivity contribution in [3.8, 4) is 0 Å². The Labute approximate surface area is 154 Å². The Kier molecular flexibility index (Phi) is 6.70. The number of carbonyl (C=O) groups is 1. The molecule has 1 aliphatic heterocycles. The number of rotatable bonds is 6. The third-order valence-electron chi connectivity index (χ3n) is 5.40. The van der Waals surface area contributed by atoms with E-state index in [1.165, 1.54) is 5.56 Å². The maximum atomic E-state index is 12.4. The van der Waals surface area contributed by atoms with Gasteiger partial charge in [0.2, 0.25) is 5.91 Å². The van der Waals surface area contributed by atoms with Gasteiger partial charge < -0.3 is 15.8 Å². The lowest BCUT2D eigenvalue weighted by Crippen LogP contribution is -2.44. The lowest BCUT2D eigenvalue weighted by molar-refractivity contribution is -0.122. The van der Waals surface area contributed by atoms with Crippen molar-refractivity contribution in [3.05, 3.63) is 34.9 Å². The van der Waals surface area contributed by atoms with Crippen molar-refractivity contribution in [3.63, 3.8) is 0 Å². The molecular formula is C19H28ClN3O2. The maximum absolute atomic E-state index is 12.4. The summed E-state index contributed by atoms with van der Waals surface area (Å²) in [6.07, 6.45) is 3.79. The van der Waals surface area contributed by atoms with E-state index in [2.05, 4.69) is 10.2 Å². The van der Waals surface area contributed by atoms with E-state index in [9.17, 15) is 4.79 Å². The van der Waals surface area contributed by atoms with Crippen molar-refractivity contribution in [2.24, 2.45) is 11.7 Å². The number of halogens is 1. The van der Waals surface area contributed by atoms with E-state index >= 15 is 0 Å². The van der Waals surface area contributed by atoms with Crippen LogP contribution in [0, 0.1) is 5.92 Å². The first kappa shape index (κ1) is 18.6. The minimum Gasteiger partial charge on any atom is -0.379 e. The van der Waals surface area contributed by atoms with E-state index in [4.69, 9.17) is 22.1 Å². The highest BCUT2D eigenvalue weighted by Crippen LogP contribution is 2.27. The Morgan fingerprint density at radius 2 is 2.00 bits per heavy atom. The van der Waals surface area contributed by atoms with Crippen molar-refractivity contribution in [2.45, 2.75) is 37.8 Å². The highest BCUT2D eigenvalue weighted by atomic mass is 35.5. The van der Waals surface area contributed by atoms with Crippen LogP contribution < -0.4 is 11.1 Å². The van der Waals surface area contributed by atoms with Gasteiger partial charge in [-0.1, -0.05) is 30.2 Å². The molecule has 1 aliphatic carbocycles. The van der Waals surface area contributed by atoms with Crippen LogP contribution in [0.3, 0.4) is 0 Å². The minimum atomic E-state index is 0.106. The second-order valence-electron chi connectivity index (χ2n) is 7.08. The zero-order valence-electron chi connectivity index (χ0n) is 14.6. The molecule has 138 valence electrons. The number of morpholine rings is 1. The summed E-state index contributed by atoms with van der Waals surface area (Å²) in [5.41, 5.74) is 7.26. The number of ether oxygens (including phenoxy) is 1. The van der Waals surface area contributed by atoms with Gasteiger partial charge in [0, 0.05) is 37.1 Å². The van der Waals surface area contributed by atoms with E-state index < -0.39 is 0 Å². The van der Waals surface area contributed by atoms with Crippen LogP contribution in [-0.2, 0) is 9.53 Å². The molecule has 5 nitrogen and oxygen atoms in total. The summed E-state index contributed by atoms with van der Waals surface area (Å²) in [5, 5.41) is 3.86. The van der Waals surface area contributed by atoms with Crippen LogP contribution in [0.5, 0.6) is 0 Å². The Morgan fingerprint density at radius 1 is 1.28 bits per heavy atom. The molecule has 0 spiro atoms. The number of benzene rings is 1. The second-order valence-corrected chi connectivity index (χ2v) is 7.52. The van der Waals surface area contributed by atoms with Gasteiger partial charge in [0.15, 0.2) is 0 Å². The molecule has 1 unspecified atom stereocenters. The third kappa shape index (κ3) is 5.17. The lowest BCUT2D eigenvalue weighted by atomic mass is 9.99. The molecule has 1 heterocycles. The van der Waals surface area contributed by atoms with Crippen LogP contribution in [0.15, 0.2) is 24.3 Å². The van der Waals surface area contributed by atoms with Gasteiger partial charge in [-0.2, -0.15) is 0 Å².